The summed E-state index contributed by atoms with van der Waals surface area (Å²) in [6.45, 7) is 4.43. The lowest BCUT2D eigenvalue weighted by Gasteiger charge is -2.22. The van der Waals surface area contributed by atoms with E-state index in [0.29, 0.717) is 0 Å². The Morgan fingerprint density at radius 2 is 1.55 bits per heavy atom. The van der Waals surface area contributed by atoms with Crippen molar-refractivity contribution in [2.24, 2.45) is 5.10 Å². The van der Waals surface area contributed by atoms with Gasteiger partial charge in [0.1, 0.15) is 0 Å². The van der Waals surface area contributed by atoms with Gasteiger partial charge in [-0.15, -0.1) is 0 Å². The van der Waals surface area contributed by atoms with Crippen LogP contribution in [0.1, 0.15) is 24.0 Å². The van der Waals surface area contributed by atoms with Gasteiger partial charge in [0.05, 0.1) is 5.36 Å². The Bertz CT molecular complexity index is 1150. The first-order valence-electron chi connectivity index (χ1n) is 11.0. The first kappa shape index (κ1) is 20.1. The zero-order chi connectivity index (χ0) is 21.0. The summed E-state index contributed by atoms with van der Waals surface area (Å²) in [4.78, 5) is 2.54. The fraction of sp³-hybridized carbons (Fsp3) is 0.269. The number of likely N-dealkylation sites (tertiary alicyclic amines) is 1. The molecule has 0 atom stereocenters. The highest BCUT2D eigenvalue weighted by atomic mass is 35.5. The molecule has 0 bridgehead atoms. The van der Waals surface area contributed by atoms with E-state index in [-0.39, 0.29) is 0 Å². The number of rotatable bonds is 6. The molecule has 0 aliphatic carbocycles. The summed E-state index contributed by atoms with van der Waals surface area (Å²) in [5.41, 5.74) is 8.20. The van der Waals surface area contributed by atoms with E-state index in [2.05, 4.69) is 69.2 Å². The maximum absolute atomic E-state index is 6.01. The molecule has 0 amide bonds. The van der Waals surface area contributed by atoms with Crippen LogP contribution in [-0.2, 0) is 13.0 Å². The molecular formula is C26H27ClN4. The number of hydrazine groups is 1. The minimum Gasteiger partial charge on any atom is -0.299 e. The molecule has 5 rings (SSSR count). The van der Waals surface area contributed by atoms with E-state index in [1.807, 2.05) is 24.3 Å². The molecule has 0 radical (unpaired) electrons. The van der Waals surface area contributed by atoms with Crippen molar-refractivity contribution < 1.29 is 0 Å². The summed E-state index contributed by atoms with van der Waals surface area (Å²) < 4.78 is 0. The van der Waals surface area contributed by atoms with Crippen LogP contribution >= 0.6 is 11.6 Å². The number of hydrogen-bond donors (Lipinski definition) is 1. The summed E-state index contributed by atoms with van der Waals surface area (Å²) >= 11 is 6.01. The van der Waals surface area contributed by atoms with Crippen molar-refractivity contribution in [2.45, 2.75) is 25.8 Å². The van der Waals surface area contributed by atoms with Crippen molar-refractivity contribution in [2.75, 3.05) is 19.6 Å². The maximum Gasteiger partial charge on any atom is 0.0943 e. The van der Waals surface area contributed by atoms with E-state index in [4.69, 9.17) is 11.6 Å². The quantitative estimate of drug-likeness (QED) is 0.642. The van der Waals surface area contributed by atoms with Crippen molar-refractivity contribution >= 4 is 17.8 Å². The fourth-order valence-corrected chi connectivity index (χ4v) is 4.39. The normalized spacial score (nSPS) is 15.7. The molecule has 31 heavy (non-hydrogen) atoms. The molecule has 2 heterocycles. The second kappa shape index (κ2) is 9.13. The van der Waals surface area contributed by atoms with Crippen molar-refractivity contribution in [3.05, 3.63) is 93.5 Å². The van der Waals surface area contributed by atoms with Gasteiger partial charge in [0.15, 0.2) is 0 Å². The number of nitrogens with zero attached hydrogens (tertiary/aromatic N) is 3. The summed E-state index contributed by atoms with van der Waals surface area (Å²) in [5, 5.41) is 9.46. The van der Waals surface area contributed by atoms with Gasteiger partial charge in [-0.2, -0.15) is 5.10 Å². The van der Waals surface area contributed by atoms with Gasteiger partial charge in [-0.05, 0) is 72.8 Å². The average molecular weight is 431 g/mol. The molecule has 3 aromatic carbocycles. The number of hydrogen-bond acceptors (Lipinski definition) is 4. The Hall–Kier alpha value is -2.82. The van der Waals surface area contributed by atoms with Gasteiger partial charge in [0.2, 0.25) is 0 Å². The van der Waals surface area contributed by atoms with Gasteiger partial charge in [0.25, 0.3) is 0 Å². The Balaban J connectivity index is 1.21. The molecular weight excluding hydrogens is 404 g/mol. The second-order valence-electron chi connectivity index (χ2n) is 8.36. The van der Waals surface area contributed by atoms with Crippen LogP contribution in [0.25, 0.3) is 17.3 Å². The smallest absolute Gasteiger partial charge is 0.0943 e. The molecule has 3 aromatic rings. The number of halogens is 1. The van der Waals surface area contributed by atoms with Gasteiger partial charge in [0, 0.05) is 29.5 Å². The van der Waals surface area contributed by atoms with Crippen LogP contribution in [0.15, 0.2) is 71.8 Å². The zero-order valence-electron chi connectivity index (χ0n) is 17.6. The Labute approximate surface area is 188 Å². The predicted octanol–water partition coefficient (Wildman–Crippen LogP) is 3.94. The predicted molar refractivity (Wildman–Crippen MR) is 127 cm³/mol. The van der Waals surface area contributed by atoms with Crippen LogP contribution < -0.4 is 16.1 Å². The molecule has 0 aromatic heterocycles. The van der Waals surface area contributed by atoms with Gasteiger partial charge >= 0.3 is 0 Å². The van der Waals surface area contributed by atoms with E-state index in [1.54, 1.807) is 0 Å². The SMILES string of the molecule is Clc1ccc(-c2ccc3c(c2)=NNN(CCc2ccc(CN4CCCC4)cc2)C=3)cc1. The van der Waals surface area contributed by atoms with Crippen LogP contribution in [0.3, 0.4) is 0 Å². The average Bonchev–Trinajstić information content (AvgIpc) is 3.32. The molecule has 158 valence electrons. The molecule has 0 saturated carbocycles. The Morgan fingerprint density at radius 3 is 2.32 bits per heavy atom. The monoisotopic (exact) mass is 430 g/mol. The molecule has 2 aliphatic rings. The third-order valence-corrected chi connectivity index (χ3v) is 6.32. The van der Waals surface area contributed by atoms with E-state index < -0.39 is 0 Å². The lowest BCUT2D eigenvalue weighted by molar-refractivity contribution is 0.299. The van der Waals surface area contributed by atoms with Gasteiger partial charge < -0.3 is 0 Å². The lowest BCUT2D eigenvalue weighted by atomic mass is 10.0. The third kappa shape index (κ3) is 4.92. The lowest BCUT2D eigenvalue weighted by Crippen LogP contribution is -2.43. The van der Waals surface area contributed by atoms with Crippen LogP contribution in [0.2, 0.25) is 5.02 Å². The molecule has 1 N–H and O–H groups in total. The molecule has 1 saturated heterocycles. The molecule has 1 fully saturated rings. The summed E-state index contributed by atoms with van der Waals surface area (Å²) in [7, 11) is 0. The third-order valence-electron chi connectivity index (χ3n) is 6.07. The highest BCUT2D eigenvalue weighted by molar-refractivity contribution is 6.30. The van der Waals surface area contributed by atoms with Crippen LogP contribution in [-0.4, -0.2) is 29.5 Å². The summed E-state index contributed by atoms with van der Waals surface area (Å²) in [6, 6.07) is 23.4. The number of benzene rings is 3. The first-order valence-corrected chi connectivity index (χ1v) is 11.4. The molecule has 2 aliphatic heterocycles. The minimum absolute atomic E-state index is 0.748. The standard InChI is InChI=1S/C26H27ClN4/c27-25-11-9-22(10-12-25)23-7-8-24-19-31(29-28-26(24)17-23)16-13-20-3-5-21(6-4-20)18-30-14-1-2-15-30/h3-12,17,19,29H,1-2,13-16,18H2. The Morgan fingerprint density at radius 1 is 0.839 bits per heavy atom. The van der Waals surface area contributed by atoms with Crippen molar-refractivity contribution in [3.63, 3.8) is 0 Å². The van der Waals surface area contributed by atoms with Crippen molar-refractivity contribution in [3.8, 4) is 11.1 Å². The minimum atomic E-state index is 0.748. The van der Waals surface area contributed by atoms with E-state index in [0.717, 1.165) is 46.2 Å². The molecule has 4 nitrogen and oxygen atoms in total. The molecule has 5 heteroatoms. The van der Waals surface area contributed by atoms with Crippen LogP contribution in [0.5, 0.6) is 0 Å². The van der Waals surface area contributed by atoms with E-state index in [9.17, 15) is 0 Å². The van der Waals surface area contributed by atoms with Gasteiger partial charge in [-0.1, -0.05) is 60.1 Å². The summed E-state index contributed by atoms with van der Waals surface area (Å²) in [5.74, 6) is 0. The Kier molecular flexibility index (Phi) is 5.92. The van der Waals surface area contributed by atoms with Crippen molar-refractivity contribution in [1.82, 2.24) is 15.4 Å². The van der Waals surface area contributed by atoms with Crippen LogP contribution in [0.4, 0.5) is 0 Å². The van der Waals surface area contributed by atoms with E-state index in [1.165, 1.54) is 37.1 Å². The first-order chi connectivity index (χ1) is 15.2. The van der Waals surface area contributed by atoms with Gasteiger partial charge in [-0.25, -0.2) is 5.53 Å². The zero-order valence-corrected chi connectivity index (χ0v) is 18.4. The topological polar surface area (TPSA) is 30.9 Å². The van der Waals surface area contributed by atoms with Crippen molar-refractivity contribution in [1.29, 1.82) is 0 Å². The van der Waals surface area contributed by atoms with Crippen LogP contribution in [0, 0.1) is 0 Å². The number of fused-ring (bicyclic) bond motifs is 1. The maximum atomic E-state index is 6.01. The molecule has 0 unspecified atom stereocenters. The van der Waals surface area contributed by atoms with E-state index >= 15 is 0 Å². The second-order valence-corrected chi connectivity index (χ2v) is 8.80. The number of nitrogens with one attached hydrogen (secondary N) is 1. The highest BCUT2D eigenvalue weighted by Crippen LogP contribution is 2.19. The largest absolute Gasteiger partial charge is 0.299 e. The molecule has 0 spiro atoms. The summed E-state index contributed by atoms with van der Waals surface area (Å²) in [6.07, 6.45) is 5.79. The van der Waals surface area contributed by atoms with Gasteiger partial charge in [-0.3, -0.25) is 9.91 Å². The highest BCUT2D eigenvalue weighted by Gasteiger charge is 2.11. The fourth-order valence-electron chi connectivity index (χ4n) is 4.26.